The van der Waals surface area contributed by atoms with Crippen molar-refractivity contribution in [3.63, 3.8) is 0 Å². The third kappa shape index (κ3) is 1.84. The maximum Gasteiger partial charge on any atom is 0.343 e. The molecule has 0 aromatic rings. The minimum Gasteiger partial charge on any atom is -0.492 e. The van der Waals surface area contributed by atoms with Crippen molar-refractivity contribution in [3.05, 3.63) is 35.0 Å². The molecule has 6 heterocycles. The number of carbonyl (C=O) groups excluding carboxylic acids is 1. The first kappa shape index (κ1) is 18.0. The minimum absolute atomic E-state index is 0.0553. The topological polar surface area (TPSA) is 77.5 Å². The van der Waals surface area contributed by atoms with Gasteiger partial charge in [-0.15, -0.1) is 0 Å². The van der Waals surface area contributed by atoms with Gasteiger partial charge in [0.25, 0.3) is 0 Å². The Morgan fingerprint density at radius 2 is 2.21 bits per heavy atom. The summed E-state index contributed by atoms with van der Waals surface area (Å²) in [6.07, 6.45) is 5.59. The Morgan fingerprint density at radius 1 is 1.41 bits per heavy atom. The van der Waals surface area contributed by atoms with E-state index in [9.17, 15) is 9.90 Å². The smallest absolute Gasteiger partial charge is 0.343 e. The summed E-state index contributed by atoms with van der Waals surface area (Å²) in [5.74, 6) is 0.884. The lowest BCUT2D eigenvalue weighted by atomic mass is 9.71. The number of fused-ring (bicyclic) bond motifs is 1. The van der Waals surface area contributed by atoms with Gasteiger partial charge in [0.05, 0.1) is 42.3 Å². The maximum atomic E-state index is 12.2. The number of allylic oxidation sites excluding steroid dienone is 1. The van der Waals surface area contributed by atoms with Gasteiger partial charge in [0.2, 0.25) is 11.5 Å². The molecule has 0 aromatic carbocycles. The van der Waals surface area contributed by atoms with Crippen LogP contribution in [0.25, 0.3) is 0 Å². The summed E-state index contributed by atoms with van der Waals surface area (Å²) in [6, 6.07) is 0.354. The van der Waals surface area contributed by atoms with Crippen molar-refractivity contribution in [2.75, 3.05) is 13.7 Å². The second-order valence-electron chi connectivity index (χ2n) is 9.31. The Labute approximate surface area is 169 Å². The lowest BCUT2D eigenvalue weighted by Crippen LogP contribution is -2.60. The fraction of sp³-hybridized carbons (Fsp3) is 0.682. The van der Waals surface area contributed by atoms with E-state index in [4.69, 9.17) is 18.9 Å². The van der Waals surface area contributed by atoms with Crippen molar-refractivity contribution >= 4 is 5.97 Å². The summed E-state index contributed by atoms with van der Waals surface area (Å²) in [7, 11) is 1.55. The van der Waals surface area contributed by atoms with E-state index < -0.39 is 11.9 Å². The van der Waals surface area contributed by atoms with E-state index in [0.29, 0.717) is 28.9 Å². The zero-order valence-corrected chi connectivity index (χ0v) is 17.2. The molecule has 5 saturated heterocycles. The van der Waals surface area contributed by atoms with E-state index in [1.807, 2.05) is 6.08 Å². The van der Waals surface area contributed by atoms with Crippen LogP contribution < -0.4 is 0 Å². The molecule has 5 bridgehead atoms. The van der Waals surface area contributed by atoms with Gasteiger partial charge in [-0.1, -0.05) is 19.1 Å². The van der Waals surface area contributed by atoms with Crippen LogP contribution in [-0.4, -0.2) is 59.2 Å². The highest BCUT2D eigenvalue weighted by molar-refractivity contribution is 5.93. The van der Waals surface area contributed by atoms with Gasteiger partial charge >= 0.3 is 5.97 Å². The number of piperidine rings is 1. The van der Waals surface area contributed by atoms with Crippen LogP contribution in [-0.2, 0) is 23.7 Å². The van der Waals surface area contributed by atoms with Crippen molar-refractivity contribution in [1.29, 1.82) is 0 Å². The maximum absolute atomic E-state index is 12.2. The highest BCUT2D eigenvalue weighted by atomic mass is 16.7. The number of methoxy groups -OCH3 is 1. The van der Waals surface area contributed by atoms with Crippen molar-refractivity contribution in [2.24, 2.45) is 17.8 Å². The highest BCUT2D eigenvalue weighted by Crippen LogP contribution is 2.72. The zero-order chi connectivity index (χ0) is 20.3. The highest BCUT2D eigenvalue weighted by Gasteiger charge is 2.83. The molecule has 6 rings (SSSR count). The number of ether oxygens (including phenoxy) is 4. The summed E-state index contributed by atoms with van der Waals surface area (Å²) in [4.78, 5) is 14.8. The molecule has 0 amide bonds. The van der Waals surface area contributed by atoms with Crippen LogP contribution in [0.1, 0.15) is 33.6 Å². The predicted molar refractivity (Wildman–Crippen MR) is 101 cm³/mol. The monoisotopic (exact) mass is 401 g/mol. The SMILES string of the molecule is COC1=C(C)C(=O)O/C1=C1\O[C@@]23O[C@@H]4C[C@@H]([C@H]2[C@@H]1C)N1CC[C@H]3[C@@]41/C=C/[C@@H](C)O. The van der Waals surface area contributed by atoms with Gasteiger partial charge in [-0.2, -0.15) is 0 Å². The van der Waals surface area contributed by atoms with Gasteiger partial charge in [-0.05, 0) is 26.7 Å². The molecule has 0 saturated carbocycles. The van der Waals surface area contributed by atoms with Crippen LogP contribution >= 0.6 is 0 Å². The first-order valence-electron chi connectivity index (χ1n) is 10.6. The Balaban J connectivity index is 1.47. The quantitative estimate of drug-likeness (QED) is 0.571. The molecule has 29 heavy (non-hydrogen) atoms. The van der Waals surface area contributed by atoms with Gasteiger partial charge in [-0.3, -0.25) is 4.90 Å². The van der Waals surface area contributed by atoms with Crippen LogP contribution in [0.3, 0.4) is 0 Å². The number of aliphatic hydroxyl groups is 1. The van der Waals surface area contributed by atoms with Gasteiger partial charge in [-0.25, -0.2) is 4.79 Å². The third-order valence-electron chi connectivity index (χ3n) is 8.12. The van der Waals surface area contributed by atoms with Crippen LogP contribution in [0.5, 0.6) is 0 Å². The second-order valence-corrected chi connectivity index (χ2v) is 9.31. The standard InChI is InChI=1S/C22H27NO6/c1-10(24)5-7-21-14-6-8-23(21)13-9-15(21)28-22(14)16(13)11(2)18(29-22)19-17(26-4)12(3)20(25)27-19/h5,7,10-11,13-16,24H,6,8-9H2,1-4H3/b7-5+,19-18-/t10-,11+,13+,14+,15-,16-,21+,22-/m1/s1. The normalized spacial score (nSPS) is 52.5. The van der Waals surface area contributed by atoms with Crippen molar-refractivity contribution in [1.82, 2.24) is 4.90 Å². The molecule has 6 aliphatic heterocycles. The molecule has 6 aliphatic rings. The van der Waals surface area contributed by atoms with E-state index in [0.717, 1.165) is 19.4 Å². The molecule has 0 aromatic heterocycles. The molecule has 7 nitrogen and oxygen atoms in total. The number of esters is 1. The van der Waals surface area contributed by atoms with Crippen LogP contribution in [0.15, 0.2) is 35.0 Å². The average Bonchev–Trinajstić information content (AvgIpc) is 3.38. The van der Waals surface area contributed by atoms with Gasteiger partial charge in [0, 0.05) is 18.5 Å². The average molecular weight is 401 g/mol. The number of cyclic esters (lactones) is 1. The number of rotatable bonds is 3. The van der Waals surface area contributed by atoms with Crippen molar-refractivity contribution in [2.45, 2.75) is 63.2 Å². The van der Waals surface area contributed by atoms with Gasteiger partial charge in [0.1, 0.15) is 5.76 Å². The number of hydrogen-bond donors (Lipinski definition) is 1. The second kappa shape index (κ2) is 5.45. The van der Waals surface area contributed by atoms with E-state index in [1.54, 1.807) is 21.0 Å². The molecule has 5 fully saturated rings. The molecule has 1 unspecified atom stereocenters. The molecule has 156 valence electrons. The predicted octanol–water partition coefficient (Wildman–Crippen LogP) is 1.84. The van der Waals surface area contributed by atoms with Crippen molar-refractivity contribution < 1.29 is 28.8 Å². The Bertz CT molecular complexity index is 905. The lowest BCUT2D eigenvalue weighted by Gasteiger charge is -2.47. The van der Waals surface area contributed by atoms with E-state index in [1.165, 1.54) is 0 Å². The van der Waals surface area contributed by atoms with E-state index >= 15 is 0 Å². The zero-order valence-electron chi connectivity index (χ0n) is 17.2. The summed E-state index contributed by atoms with van der Waals surface area (Å²) in [5.41, 5.74) is 0.259. The number of carbonyl (C=O) groups is 1. The molecular formula is C22H27NO6. The lowest BCUT2D eigenvalue weighted by molar-refractivity contribution is -0.255. The molecule has 0 aliphatic carbocycles. The fourth-order valence-electron chi connectivity index (χ4n) is 7.21. The molecule has 1 N–H and O–H groups in total. The number of aliphatic hydroxyl groups excluding tert-OH is 1. The molecule has 7 heteroatoms. The fourth-order valence-corrected chi connectivity index (χ4v) is 7.21. The Kier molecular flexibility index (Phi) is 3.38. The summed E-state index contributed by atoms with van der Waals surface area (Å²) in [5, 5.41) is 9.87. The van der Waals surface area contributed by atoms with Crippen LogP contribution in [0.2, 0.25) is 0 Å². The third-order valence-corrected chi connectivity index (χ3v) is 8.12. The van der Waals surface area contributed by atoms with Gasteiger partial charge < -0.3 is 24.1 Å². The largest absolute Gasteiger partial charge is 0.492 e. The van der Waals surface area contributed by atoms with Crippen LogP contribution in [0.4, 0.5) is 0 Å². The van der Waals surface area contributed by atoms with E-state index in [2.05, 4.69) is 17.9 Å². The van der Waals surface area contributed by atoms with E-state index in [-0.39, 0.29) is 35.4 Å². The summed E-state index contributed by atoms with van der Waals surface area (Å²) >= 11 is 0. The molecule has 1 spiro atoms. The number of hydrogen-bond acceptors (Lipinski definition) is 7. The molecular weight excluding hydrogens is 374 g/mol. The Morgan fingerprint density at radius 3 is 2.93 bits per heavy atom. The molecule has 9 atom stereocenters. The van der Waals surface area contributed by atoms with Crippen LogP contribution in [0, 0.1) is 17.8 Å². The minimum atomic E-state index is -0.701. The summed E-state index contributed by atoms with van der Waals surface area (Å²) < 4.78 is 24.4. The van der Waals surface area contributed by atoms with Crippen molar-refractivity contribution in [3.8, 4) is 0 Å². The Hall–Kier alpha value is -1.83. The summed E-state index contributed by atoms with van der Waals surface area (Å²) in [6.45, 7) is 6.65. The van der Waals surface area contributed by atoms with Gasteiger partial charge in [0.15, 0.2) is 5.76 Å². The number of nitrogens with zero attached hydrogens (tertiary/aromatic N) is 1. The molecule has 0 radical (unpaired) electrons. The first-order chi connectivity index (χ1) is 13.8. The first-order valence-corrected chi connectivity index (χ1v) is 10.6.